The number of nitrogens with two attached hydrogens (primary N) is 1. The summed E-state index contributed by atoms with van der Waals surface area (Å²) in [5.41, 5.74) is 7.70. The van der Waals surface area contributed by atoms with Crippen LogP contribution in [0.5, 0.6) is 0 Å². The van der Waals surface area contributed by atoms with Gasteiger partial charge in [-0.2, -0.15) is 4.98 Å². The number of hydrogen-bond donors (Lipinski definition) is 1. The lowest BCUT2D eigenvalue weighted by molar-refractivity contribution is 0.0711. The highest BCUT2D eigenvalue weighted by Crippen LogP contribution is 2.27. The van der Waals surface area contributed by atoms with Crippen LogP contribution in [-0.2, 0) is 4.74 Å². The quantitative estimate of drug-likeness (QED) is 0.785. The van der Waals surface area contributed by atoms with Gasteiger partial charge >= 0.3 is 0 Å². The third-order valence-corrected chi connectivity index (χ3v) is 3.05. The van der Waals surface area contributed by atoms with Crippen molar-refractivity contribution >= 4 is 17.1 Å². The van der Waals surface area contributed by atoms with E-state index in [0.29, 0.717) is 12.0 Å². The van der Waals surface area contributed by atoms with Crippen molar-refractivity contribution in [1.82, 2.24) is 14.5 Å². The van der Waals surface area contributed by atoms with Crippen molar-refractivity contribution in [3.63, 3.8) is 0 Å². The summed E-state index contributed by atoms with van der Waals surface area (Å²) in [4.78, 5) is 8.49. The molecule has 2 aromatic rings. The SMILES string of the molecule is Nc1nc2ncccc2n1C1CCOCC1. The van der Waals surface area contributed by atoms with Crippen LogP contribution >= 0.6 is 0 Å². The number of nitrogens with zero attached hydrogens (tertiary/aromatic N) is 3. The molecule has 1 aliphatic rings. The fourth-order valence-electron chi connectivity index (χ4n) is 2.28. The van der Waals surface area contributed by atoms with E-state index in [1.165, 1.54) is 0 Å². The van der Waals surface area contributed by atoms with Gasteiger partial charge in [0.15, 0.2) is 5.65 Å². The van der Waals surface area contributed by atoms with Gasteiger partial charge in [0.05, 0.1) is 5.52 Å². The van der Waals surface area contributed by atoms with Crippen molar-refractivity contribution in [2.24, 2.45) is 0 Å². The second kappa shape index (κ2) is 3.75. The third-order valence-electron chi connectivity index (χ3n) is 3.05. The molecule has 5 nitrogen and oxygen atoms in total. The molecule has 1 aliphatic heterocycles. The lowest BCUT2D eigenvalue weighted by atomic mass is 10.1. The average Bonchev–Trinajstić information content (AvgIpc) is 2.66. The summed E-state index contributed by atoms with van der Waals surface area (Å²) in [6.45, 7) is 1.59. The summed E-state index contributed by atoms with van der Waals surface area (Å²) in [6.07, 6.45) is 3.72. The molecule has 84 valence electrons. The molecule has 2 aromatic heterocycles. The van der Waals surface area contributed by atoms with Gasteiger partial charge in [0.1, 0.15) is 0 Å². The predicted octanol–water partition coefficient (Wildman–Crippen LogP) is 1.36. The lowest BCUT2D eigenvalue weighted by Gasteiger charge is -2.24. The van der Waals surface area contributed by atoms with E-state index in [0.717, 1.165) is 37.2 Å². The van der Waals surface area contributed by atoms with E-state index in [2.05, 4.69) is 14.5 Å². The van der Waals surface area contributed by atoms with Crippen LogP contribution in [0.25, 0.3) is 11.2 Å². The zero-order chi connectivity index (χ0) is 11.0. The largest absolute Gasteiger partial charge is 0.381 e. The van der Waals surface area contributed by atoms with Gasteiger partial charge in [-0.05, 0) is 25.0 Å². The number of imidazole rings is 1. The molecular weight excluding hydrogens is 204 g/mol. The molecule has 0 radical (unpaired) electrons. The van der Waals surface area contributed by atoms with Gasteiger partial charge in [-0.1, -0.05) is 0 Å². The molecule has 3 heterocycles. The minimum atomic E-state index is 0.392. The number of ether oxygens (including phenoxy) is 1. The first-order valence-corrected chi connectivity index (χ1v) is 5.52. The molecule has 0 aromatic carbocycles. The Morgan fingerprint density at radius 3 is 3.00 bits per heavy atom. The van der Waals surface area contributed by atoms with Crippen LogP contribution in [0.1, 0.15) is 18.9 Å². The Morgan fingerprint density at radius 1 is 1.38 bits per heavy atom. The van der Waals surface area contributed by atoms with Crippen molar-refractivity contribution in [1.29, 1.82) is 0 Å². The van der Waals surface area contributed by atoms with Gasteiger partial charge in [-0.15, -0.1) is 0 Å². The Labute approximate surface area is 93.2 Å². The summed E-state index contributed by atoms with van der Waals surface area (Å²) in [6, 6.07) is 4.32. The second-order valence-electron chi connectivity index (χ2n) is 4.03. The molecule has 0 bridgehead atoms. The van der Waals surface area contributed by atoms with Crippen LogP contribution in [0.15, 0.2) is 18.3 Å². The van der Waals surface area contributed by atoms with Crippen molar-refractivity contribution in [3.8, 4) is 0 Å². The van der Waals surface area contributed by atoms with E-state index in [1.807, 2.05) is 12.1 Å². The predicted molar refractivity (Wildman–Crippen MR) is 61.0 cm³/mol. The highest BCUT2D eigenvalue weighted by molar-refractivity contribution is 5.74. The standard InChI is InChI=1S/C11H14N4O/c12-11-14-10-9(2-1-5-13-10)15(11)8-3-6-16-7-4-8/h1-2,5,8H,3-4,6-7H2,(H2,12,13,14). The molecule has 0 aliphatic carbocycles. The summed E-state index contributed by atoms with van der Waals surface area (Å²) < 4.78 is 7.45. The molecule has 0 saturated carbocycles. The van der Waals surface area contributed by atoms with E-state index in [1.54, 1.807) is 6.20 Å². The van der Waals surface area contributed by atoms with E-state index in [4.69, 9.17) is 10.5 Å². The molecule has 3 rings (SSSR count). The third kappa shape index (κ3) is 1.44. The first-order chi connectivity index (χ1) is 7.86. The number of rotatable bonds is 1. The van der Waals surface area contributed by atoms with Crippen LogP contribution in [0, 0.1) is 0 Å². The van der Waals surface area contributed by atoms with Gasteiger partial charge in [0, 0.05) is 25.5 Å². The Kier molecular flexibility index (Phi) is 2.25. The van der Waals surface area contributed by atoms with Crippen LogP contribution in [-0.4, -0.2) is 27.7 Å². The summed E-state index contributed by atoms with van der Waals surface area (Å²) in [7, 11) is 0. The molecule has 0 unspecified atom stereocenters. The van der Waals surface area contributed by atoms with E-state index in [-0.39, 0.29) is 0 Å². The van der Waals surface area contributed by atoms with Crippen LogP contribution in [0.3, 0.4) is 0 Å². The fourth-order valence-corrected chi connectivity index (χ4v) is 2.28. The van der Waals surface area contributed by atoms with Gasteiger partial charge in [-0.3, -0.25) is 0 Å². The smallest absolute Gasteiger partial charge is 0.203 e. The second-order valence-corrected chi connectivity index (χ2v) is 4.03. The number of hydrogen-bond acceptors (Lipinski definition) is 4. The van der Waals surface area contributed by atoms with E-state index in [9.17, 15) is 0 Å². The average molecular weight is 218 g/mol. The summed E-state index contributed by atoms with van der Waals surface area (Å²) in [5.74, 6) is 0.556. The monoisotopic (exact) mass is 218 g/mol. The fraction of sp³-hybridized carbons (Fsp3) is 0.455. The molecule has 1 saturated heterocycles. The molecule has 5 heteroatoms. The Bertz CT molecular complexity index is 502. The zero-order valence-corrected chi connectivity index (χ0v) is 8.97. The van der Waals surface area contributed by atoms with Gasteiger partial charge in [0.25, 0.3) is 0 Å². The minimum Gasteiger partial charge on any atom is -0.381 e. The maximum atomic E-state index is 5.96. The summed E-state index contributed by atoms with van der Waals surface area (Å²) in [5, 5.41) is 0. The van der Waals surface area contributed by atoms with E-state index < -0.39 is 0 Å². The Balaban J connectivity index is 2.10. The number of anilines is 1. The van der Waals surface area contributed by atoms with Crippen molar-refractivity contribution in [3.05, 3.63) is 18.3 Å². The van der Waals surface area contributed by atoms with Crippen molar-refractivity contribution < 1.29 is 4.74 Å². The highest BCUT2D eigenvalue weighted by atomic mass is 16.5. The molecule has 1 fully saturated rings. The maximum Gasteiger partial charge on any atom is 0.203 e. The van der Waals surface area contributed by atoms with Crippen molar-refractivity contribution in [2.45, 2.75) is 18.9 Å². The Morgan fingerprint density at radius 2 is 2.19 bits per heavy atom. The Hall–Kier alpha value is -1.62. The van der Waals surface area contributed by atoms with Crippen LogP contribution < -0.4 is 5.73 Å². The normalized spacial score (nSPS) is 18.0. The van der Waals surface area contributed by atoms with Gasteiger partial charge in [0.2, 0.25) is 5.95 Å². The van der Waals surface area contributed by atoms with Crippen molar-refractivity contribution in [2.75, 3.05) is 18.9 Å². The number of nitrogen functional groups attached to an aromatic ring is 1. The molecular formula is C11H14N4O. The number of pyridine rings is 1. The van der Waals surface area contributed by atoms with Crippen LogP contribution in [0.2, 0.25) is 0 Å². The van der Waals surface area contributed by atoms with Gasteiger partial charge < -0.3 is 15.0 Å². The summed E-state index contributed by atoms with van der Waals surface area (Å²) >= 11 is 0. The molecule has 0 amide bonds. The zero-order valence-electron chi connectivity index (χ0n) is 8.97. The van der Waals surface area contributed by atoms with Crippen LogP contribution in [0.4, 0.5) is 5.95 Å². The highest BCUT2D eigenvalue weighted by Gasteiger charge is 2.20. The molecule has 2 N–H and O–H groups in total. The molecule has 16 heavy (non-hydrogen) atoms. The topological polar surface area (TPSA) is 66.0 Å². The molecule has 0 spiro atoms. The maximum absolute atomic E-state index is 5.96. The number of aromatic nitrogens is 3. The first-order valence-electron chi connectivity index (χ1n) is 5.52. The first kappa shape index (κ1) is 9.59. The minimum absolute atomic E-state index is 0.392. The lowest BCUT2D eigenvalue weighted by Crippen LogP contribution is -2.20. The molecule has 0 atom stereocenters. The van der Waals surface area contributed by atoms with Gasteiger partial charge in [-0.25, -0.2) is 4.98 Å². The number of fused-ring (bicyclic) bond motifs is 1. The van der Waals surface area contributed by atoms with E-state index >= 15 is 0 Å².